The van der Waals surface area contributed by atoms with Gasteiger partial charge in [0.2, 0.25) is 0 Å². The summed E-state index contributed by atoms with van der Waals surface area (Å²) in [5, 5.41) is 0.999. The number of fused-ring (bicyclic) bond motifs is 2. The van der Waals surface area contributed by atoms with Crippen molar-refractivity contribution in [2.75, 3.05) is 0 Å². The number of hydrogen-bond acceptors (Lipinski definition) is 3. The van der Waals surface area contributed by atoms with E-state index in [4.69, 9.17) is 0 Å². The molecule has 2 bridgehead atoms. The molecule has 2 aliphatic rings. The van der Waals surface area contributed by atoms with Crippen molar-refractivity contribution in [1.82, 2.24) is 0 Å². The van der Waals surface area contributed by atoms with Crippen LogP contribution in [0.4, 0.5) is 0 Å². The quantitative estimate of drug-likeness (QED) is 0.488. The van der Waals surface area contributed by atoms with Crippen molar-refractivity contribution >= 4 is 21.0 Å². The van der Waals surface area contributed by atoms with Gasteiger partial charge < -0.3 is 4.55 Å². The first kappa shape index (κ1) is 22.4. The number of rotatable bonds is 3. The van der Waals surface area contributed by atoms with Gasteiger partial charge in [-0.2, -0.15) is 0 Å². The van der Waals surface area contributed by atoms with Gasteiger partial charge in [-0.3, -0.25) is 0 Å². The van der Waals surface area contributed by atoms with E-state index in [9.17, 15) is 13.0 Å². The van der Waals surface area contributed by atoms with Crippen LogP contribution in [0.3, 0.4) is 0 Å². The second kappa shape index (κ2) is 8.83. The lowest BCUT2D eigenvalue weighted by Gasteiger charge is -2.24. The molecule has 2 aromatic carbocycles. The molecule has 4 rings (SSSR count). The Morgan fingerprint density at radius 3 is 2.24 bits per heavy atom. The first-order valence-electron chi connectivity index (χ1n) is 10.4. The lowest BCUT2D eigenvalue weighted by molar-refractivity contribution is 0.290. The predicted molar refractivity (Wildman–Crippen MR) is 121 cm³/mol. The van der Waals surface area contributed by atoms with Gasteiger partial charge in [0.1, 0.15) is 25.9 Å². The topological polar surface area (TPSA) is 57.2 Å². The SMILES string of the molecule is C[C@@H]1CC[C@@H]2C[C@H]1[S+](Cc1ccccc1)C2(C)C.Cc1ccc(S(=O)(=O)[O-])cc1. The molecule has 1 unspecified atom stereocenters. The van der Waals surface area contributed by atoms with Crippen LogP contribution in [0, 0.1) is 18.8 Å². The Hall–Kier alpha value is -1.30. The van der Waals surface area contributed by atoms with Crippen molar-refractivity contribution in [3.05, 3.63) is 65.7 Å². The molecule has 5 heteroatoms. The van der Waals surface area contributed by atoms with Crippen molar-refractivity contribution in [2.45, 2.75) is 67.6 Å². The Balaban J connectivity index is 0.000000188. The Kier molecular flexibility index (Phi) is 6.81. The zero-order valence-corrected chi connectivity index (χ0v) is 19.4. The molecule has 1 saturated heterocycles. The molecular formula is C24H32O3S2. The fourth-order valence-corrected chi connectivity index (χ4v) is 8.86. The summed E-state index contributed by atoms with van der Waals surface area (Å²) in [4.78, 5) is -0.178. The van der Waals surface area contributed by atoms with Crippen LogP contribution >= 0.6 is 0 Å². The van der Waals surface area contributed by atoms with E-state index < -0.39 is 10.1 Å². The average molecular weight is 433 g/mol. The van der Waals surface area contributed by atoms with Gasteiger partial charge in [-0.05, 0) is 45.7 Å². The van der Waals surface area contributed by atoms with Crippen LogP contribution < -0.4 is 0 Å². The van der Waals surface area contributed by atoms with E-state index in [0.29, 0.717) is 15.6 Å². The maximum Gasteiger partial charge on any atom is 0.134 e. The minimum atomic E-state index is -4.27. The third-order valence-corrected chi connectivity index (χ3v) is 11.2. The van der Waals surface area contributed by atoms with Crippen LogP contribution in [0.15, 0.2) is 59.5 Å². The van der Waals surface area contributed by atoms with Crippen LogP contribution in [0.1, 0.15) is 51.2 Å². The first-order valence-corrected chi connectivity index (χ1v) is 13.2. The van der Waals surface area contributed by atoms with E-state index in [1.54, 1.807) is 17.7 Å². The summed E-state index contributed by atoms with van der Waals surface area (Å²) in [6.07, 6.45) is 4.45. The Morgan fingerprint density at radius 2 is 1.66 bits per heavy atom. The summed E-state index contributed by atoms with van der Waals surface area (Å²) in [6.45, 7) is 9.40. The van der Waals surface area contributed by atoms with Gasteiger partial charge in [0.05, 0.1) is 4.90 Å². The lowest BCUT2D eigenvalue weighted by Crippen LogP contribution is -2.36. The van der Waals surface area contributed by atoms with Crippen molar-refractivity contribution in [3.63, 3.8) is 0 Å². The van der Waals surface area contributed by atoms with Gasteiger partial charge in [0, 0.05) is 34.7 Å². The minimum absolute atomic E-state index is 0.178. The molecule has 2 fully saturated rings. The predicted octanol–water partition coefficient (Wildman–Crippen LogP) is 5.30. The molecule has 0 radical (unpaired) electrons. The second-order valence-electron chi connectivity index (χ2n) is 8.96. The van der Waals surface area contributed by atoms with Gasteiger partial charge in [-0.25, -0.2) is 8.42 Å². The summed E-state index contributed by atoms with van der Waals surface area (Å²) < 4.78 is 31.7. The fourth-order valence-electron chi connectivity index (χ4n) is 4.66. The highest BCUT2D eigenvalue weighted by Crippen LogP contribution is 2.53. The molecule has 0 spiro atoms. The zero-order valence-electron chi connectivity index (χ0n) is 17.8. The molecule has 2 aromatic rings. The summed E-state index contributed by atoms with van der Waals surface area (Å²) in [5.41, 5.74) is 2.48. The minimum Gasteiger partial charge on any atom is -0.744 e. The zero-order chi connectivity index (χ0) is 21.2. The van der Waals surface area contributed by atoms with Gasteiger partial charge >= 0.3 is 0 Å². The van der Waals surface area contributed by atoms with Gasteiger partial charge in [-0.15, -0.1) is 0 Å². The van der Waals surface area contributed by atoms with E-state index in [2.05, 4.69) is 51.1 Å². The molecule has 29 heavy (non-hydrogen) atoms. The number of benzene rings is 2. The Bertz CT molecular complexity index is 905. The molecule has 3 nitrogen and oxygen atoms in total. The van der Waals surface area contributed by atoms with E-state index in [0.717, 1.165) is 22.6 Å². The normalized spacial score (nSPS) is 27.8. The first-order chi connectivity index (χ1) is 13.6. The van der Waals surface area contributed by atoms with Crippen LogP contribution in [0.5, 0.6) is 0 Å². The highest BCUT2D eigenvalue weighted by atomic mass is 32.2. The van der Waals surface area contributed by atoms with E-state index in [1.165, 1.54) is 37.1 Å². The highest BCUT2D eigenvalue weighted by molar-refractivity contribution is 7.98. The van der Waals surface area contributed by atoms with Crippen LogP contribution in [0.2, 0.25) is 0 Å². The number of aryl methyl sites for hydroxylation is 1. The monoisotopic (exact) mass is 432 g/mol. The summed E-state index contributed by atoms with van der Waals surface area (Å²) in [6, 6.07) is 16.9. The molecule has 0 amide bonds. The molecule has 1 aliphatic heterocycles. The van der Waals surface area contributed by atoms with Crippen LogP contribution in [-0.2, 0) is 26.8 Å². The third kappa shape index (κ3) is 5.25. The van der Waals surface area contributed by atoms with Crippen molar-refractivity contribution in [3.8, 4) is 0 Å². The maximum absolute atomic E-state index is 10.4. The fraction of sp³-hybridized carbons (Fsp3) is 0.500. The largest absolute Gasteiger partial charge is 0.744 e. The molecule has 0 N–H and O–H groups in total. The second-order valence-corrected chi connectivity index (χ2v) is 13.1. The van der Waals surface area contributed by atoms with Crippen molar-refractivity contribution < 1.29 is 13.0 Å². The van der Waals surface area contributed by atoms with E-state index in [1.807, 2.05) is 6.92 Å². The van der Waals surface area contributed by atoms with Crippen LogP contribution in [-0.4, -0.2) is 23.0 Å². The van der Waals surface area contributed by atoms with E-state index in [-0.39, 0.29) is 4.90 Å². The summed E-state index contributed by atoms with van der Waals surface area (Å²) >= 11 is 0. The molecule has 1 aliphatic carbocycles. The van der Waals surface area contributed by atoms with Gasteiger partial charge in [-0.1, -0.05) is 55.0 Å². The Labute approximate surface area is 179 Å². The summed E-state index contributed by atoms with van der Waals surface area (Å²) in [5.74, 6) is 3.26. The molecule has 1 heterocycles. The van der Waals surface area contributed by atoms with Gasteiger partial charge in [0.25, 0.3) is 0 Å². The lowest BCUT2D eigenvalue weighted by atomic mass is 9.78. The smallest absolute Gasteiger partial charge is 0.134 e. The standard InChI is InChI=1S/C17H25S.C7H8O3S/c1-13-9-10-15-11-16(13)18(17(15,2)3)12-14-7-5-4-6-8-14;1-6-2-4-7(5-3-6)11(8,9)10/h4-8,13,15-16H,9-12H2,1-3H3;2-5H,1H3,(H,8,9,10)/q+1;/p-1/t13-,15-,16-,18?;/m1./s1. The van der Waals surface area contributed by atoms with Gasteiger partial charge in [0.15, 0.2) is 0 Å². The average Bonchev–Trinajstić information content (AvgIpc) is 2.87. The molecule has 0 aromatic heterocycles. The molecular weight excluding hydrogens is 400 g/mol. The maximum atomic E-state index is 10.4. The number of hydrogen-bond donors (Lipinski definition) is 0. The van der Waals surface area contributed by atoms with Crippen LogP contribution in [0.25, 0.3) is 0 Å². The van der Waals surface area contributed by atoms with Crippen molar-refractivity contribution in [2.24, 2.45) is 11.8 Å². The molecule has 158 valence electrons. The molecule has 1 saturated carbocycles. The summed E-state index contributed by atoms with van der Waals surface area (Å²) in [7, 11) is -3.69. The molecule has 4 atom stereocenters. The van der Waals surface area contributed by atoms with Crippen molar-refractivity contribution in [1.29, 1.82) is 0 Å². The van der Waals surface area contributed by atoms with E-state index >= 15 is 0 Å². The Morgan fingerprint density at radius 1 is 1.03 bits per heavy atom. The highest BCUT2D eigenvalue weighted by Gasteiger charge is 2.60. The third-order valence-electron chi connectivity index (χ3n) is 6.62.